The predicted octanol–water partition coefficient (Wildman–Crippen LogP) is 2.26. The number of ether oxygens (including phenoxy) is 1. The molecule has 0 aliphatic carbocycles. The first-order chi connectivity index (χ1) is 7.33. The highest BCUT2D eigenvalue weighted by molar-refractivity contribution is 5.68. The van der Waals surface area contributed by atoms with Crippen molar-refractivity contribution >= 4 is 0 Å². The molecule has 0 saturated heterocycles. The van der Waals surface area contributed by atoms with Crippen molar-refractivity contribution in [3.63, 3.8) is 0 Å². The summed E-state index contributed by atoms with van der Waals surface area (Å²) >= 11 is 0. The van der Waals surface area contributed by atoms with Crippen LogP contribution in [0.15, 0.2) is 30.6 Å². The second-order valence-corrected chi connectivity index (χ2v) is 3.15. The Kier molecular flexibility index (Phi) is 2.63. The van der Waals surface area contributed by atoms with Crippen LogP contribution >= 0.6 is 0 Å². The van der Waals surface area contributed by atoms with Crippen LogP contribution in [-0.2, 0) is 0 Å². The Labute approximate surface area is 88.8 Å². The van der Waals surface area contributed by atoms with Crippen molar-refractivity contribution in [2.75, 3.05) is 7.11 Å². The fourth-order valence-electron chi connectivity index (χ4n) is 1.45. The van der Waals surface area contributed by atoms with Crippen LogP contribution < -0.4 is 4.74 Å². The molecule has 0 unspecified atom stereocenters. The van der Waals surface area contributed by atoms with Gasteiger partial charge in [0.05, 0.1) is 13.3 Å². The first-order valence-electron chi connectivity index (χ1n) is 4.65. The summed E-state index contributed by atoms with van der Waals surface area (Å²) in [5.74, 6) is 0.764. The second-order valence-electron chi connectivity index (χ2n) is 3.15. The molecule has 0 aliphatic rings. The molecule has 0 amide bonds. The number of rotatable bonds is 2. The molecule has 2 heterocycles. The minimum atomic E-state index is 0.764. The highest BCUT2D eigenvalue weighted by Gasteiger charge is 2.08. The average molecular weight is 199 g/mol. The van der Waals surface area contributed by atoms with Crippen LogP contribution in [0.2, 0.25) is 0 Å². The van der Waals surface area contributed by atoms with Gasteiger partial charge in [-0.15, -0.1) is 0 Å². The summed E-state index contributed by atoms with van der Waals surface area (Å²) in [5, 5.41) is 0. The highest BCUT2D eigenvalue weighted by Crippen LogP contribution is 2.28. The van der Waals surface area contributed by atoms with Crippen molar-refractivity contribution in [2.24, 2.45) is 0 Å². The Morgan fingerprint density at radius 3 is 2.87 bits per heavy atom. The van der Waals surface area contributed by atoms with Crippen molar-refractivity contribution < 1.29 is 4.74 Å². The van der Waals surface area contributed by atoms with Gasteiger partial charge in [-0.1, -0.05) is 0 Å². The van der Waals surface area contributed by atoms with Crippen LogP contribution in [0.5, 0.6) is 5.75 Å². The number of nitrogens with zero attached hydrogens (tertiary/aromatic N) is 2. The van der Waals surface area contributed by atoms with E-state index in [2.05, 4.69) is 16.2 Å². The van der Waals surface area contributed by atoms with E-state index in [1.807, 2.05) is 25.1 Å². The molecule has 2 aromatic rings. The molecule has 0 aromatic carbocycles. The van der Waals surface area contributed by atoms with E-state index in [9.17, 15) is 0 Å². The standard InChI is InChI=1S/C12H11N2O/c1-9-8-13-7-5-10(9)12-11(15-2)4-3-6-14-12/h3-7H,1-2H3. The molecule has 3 nitrogen and oxygen atoms in total. The number of hydrogen-bond donors (Lipinski definition) is 0. The third-order valence-corrected chi connectivity index (χ3v) is 2.20. The van der Waals surface area contributed by atoms with Crippen LogP contribution in [-0.4, -0.2) is 17.1 Å². The Hall–Kier alpha value is -1.90. The third-order valence-electron chi connectivity index (χ3n) is 2.20. The lowest BCUT2D eigenvalue weighted by Gasteiger charge is -2.08. The SMILES string of the molecule is COc1cccnc1-c1ccn[c]c1C. The first-order valence-corrected chi connectivity index (χ1v) is 4.65. The van der Waals surface area contributed by atoms with E-state index in [-0.39, 0.29) is 0 Å². The molecule has 0 aliphatic heterocycles. The van der Waals surface area contributed by atoms with E-state index >= 15 is 0 Å². The Morgan fingerprint density at radius 2 is 2.13 bits per heavy atom. The van der Waals surface area contributed by atoms with Gasteiger partial charge in [-0.3, -0.25) is 9.97 Å². The maximum atomic E-state index is 5.26. The molecule has 15 heavy (non-hydrogen) atoms. The smallest absolute Gasteiger partial charge is 0.145 e. The van der Waals surface area contributed by atoms with Gasteiger partial charge in [0.15, 0.2) is 0 Å². The first kappa shape index (κ1) is 9.65. The van der Waals surface area contributed by atoms with E-state index in [4.69, 9.17) is 4.74 Å². The molecule has 3 heteroatoms. The molecule has 75 valence electrons. The predicted molar refractivity (Wildman–Crippen MR) is 57.6 cm³/mol. The molecule has 0 fully saturated rings. The molecule has 2 rings (SSSR count). The fraction of sp³-hybridized carbons (Fsp3) is 0.167. The van der Waals surface area contributed by atoms with Gasteiger partial charge >= 0.3 is 0 Å². The minimum Gasteiger partial charge on any atom is -0.494 e. The molecule has 0 spiro atoms. The summed E-state index contributed by atoms with van der Waals surface area (Å²) in [6, 6.07) is 5.65. The molecule has 0 saturated carbocycles. The van der Waals surface area contributed by atoms with E-state index in [1.54, 1.807) is 19.5 Å². The normalized spacial score (nSPS) is 10.0. The lowest BCUT2D eigenvalue weighted by molar-refractivity contribution is 0.415. The van der Waals surface area contributed by atoms with Gasteiger partial charge < -0.3 is 4.74 Å². The van der Waals surface area contributed by atoms with Gasteiger partial charge in [0.2, 0.25) is 0 Å². The van der Waals surface area contributed by atoms with E-state index in [1.165, 1.54) is 0 Å². The van der Waals surface area contributed by atoms with Crippen LogP contribution in [0.3, 0.4) is 0 Å². The maximum absolute atomic E-state index is 5.26. The van der Waals surface area contributed by atoms with Gasteiger partial charge in [-0.2, -0.15) is 0 Å². The third kappa shape index (κ3) is 1.81. The maximum Gasteiger partial charge on any atom is 0.145 e. The van der Waals surface area contributed by atoms with Crippen molar-refractivity contribution in [2.45, 2.75) is 6.92 Å². The van der Waals surface area contributed by atoms with Gasteiger partial charge in [-0.05, 0) is 30.7 Å². The minimum absolute atomic E-state index is 0.764. The van der Waals surface area contributed by atoms with Crippen LogP contribution in [0, 0.1) is 13.1 Å². The van der Waals surface area contributed by atoms with Crippen LogP contribution in [0.25, 0.3) is 11.3 Å². The number of aryl methyl sites for hydroxylation is 1. The quantitative estimate of drug-likeness (QED) is 0.744. The summed E-state index contributed by atoms with van der Waals surface area (Å²) in [5.41, 5.74) is 2.80. The highest BCUT2D eigenvalue weighted by atomic mass is 16.5. The Bertz CT molecular complexity index is 469. The lowest BCUT2D eigenvalue weighted by atomic mass is 10.1. The van der Waals surface area contributed by atoms with Crippen LogP contribution in [0.4, 0.5) is 0 Å². The number of hydrogen-bond acceptors (Lipinski definition) is 3. The molecular formula is C12H11N2O. The molecule has 2 aromatic heterocycles. The average Bonchev–Trinajstić information content (AvgIpc) is 2.30. The summed E-state index contributed by atoms with van der Waals surface area (Å²) < 4.78 is 5.26. The van der Waals surface area contributed by atoms with Gasteiger partial charge in [-0.25, -0.2) is 0 Å². The topological polar surface area (TPSA) is 35.0 Å². The van der Waals surface area contributed by atoms with Crippen LogP contribution in [0.1, 0.15) is 5.56 Å². The molecule has 0 N–H and O–H groups in total. The molecule has 0 bridgehead atoms. The lowest BCUT2D eigenvalue weighted by Crippen LogP contribution is -1.93. The summed E-state index contributed by atoms with van der Waals surface area (Å²) in [6.45, 7) is 1.95. The largest absolute Gasteiger partial charge is 0.494 e. The zero-order chi connectivity index (χ0) is 10.7. The van der Waals surface area contributed by atoms with Gasteiger partial charge in [0.25, 0.3) is 0 Å². The second kappa shape index (κ2) is 4.09. The Balaban J connectivity index is 2.59. The van der Waals surface area contributed by atoms with Gasteiger partial charge in [0, 0.05) is 18.0 Å². The van der Waals surface area contributed by atoms with E-state index in [0.717, 1.165) is 22.6 Å². The van der Waals surface area contributed by atoms with E-state index in [0.29, 0.717) is 0 Å². The van der Waals surface area contributed by atoms with Crippen molar-refractivity contribution in [3.8, 4) is 17.0 Å². The van der Waals surface area contributed by atoms with Crippen molar-refractivity contribution in [1.82, 2.24) is 9.97 Å². The molecule has 0 atom stereocenters. The van der Waals surface area contributed by atoms with Gasteiger partial charge in [0.1, 0.15) is 11.4 Å². The summed E-state index contributed by atoms with van der Waals surface area (Å²) in [4.78, 5) is 8.24. The molecular weight excluding hydrogens is 188 g/mol. The fourth-order valence-corrected chi connectivity index (χ4v) is 1.45. The molecule has 1 radical (unpaired) electrons. The van der Waals surface area contributed by atoms with E-state index < -0.39 is 0 Å². The monoisotopic (exact) mass is 199 g/mol. The van der Waals surface area contributed by atoms with Crippen molar-refractivity contribution in [1.29, 1.82) is 0 Å². The zero-order valence-electron chi connectivity index (χ0n) is 8.69. The van der Waals surface area contributed by atoms with Crippen molar-refractivity contribution in [3.05, 3.63) is 42.4 Å². The summed E-state index contributed by atoms with van der Waals surface area (Å²) in [7, 11) is 1.64. The number of methoxy groups -OCH3 is 1. The summed E-state index contributed by atoms with van der Waals surface area (Å²) in [6.07, 6.45) is 6.36. The number of aromatic nitrogens is 2. The zero-order valence-corrected chi connectivity index (χ0v) is 8.69. The Morgan fingerprint density at radius 1 is 1.27 bits per heavy atom. The number of pyridine rings is 2.